The molecule has 0 amide bonds. The summed E-state index contributed by atoms with van der Waals surface area (Å²) in [5.41, 5.74) is 1.49. The molecule has 0 radical (unpaired) electrons. The summed E-state index contributed by atoms with van der Waals surface area (Å²) < 4.78 is 0. The molecule has 0 nitrogen and oxygen atoms in total. The Labute approximate surface area is 84.9 Å². The summed E-state index contributed by atoms with van der Waals surface area (Å²) in [7, 11) is 0. The van der Waals surface area contributed by atoms with Crippen molar-refractivity contribution < 1.29 is 0 Å². The van der Waals surface area contributed by atoms with Crippen molar-refractivity contribution in [1.29, 1.82) is 0 Å². The summed E-state index contributed by atoms with van der Waals surface area (Å²) >= 11 is 2.43. The van der Waals surface area contributed by atoms with E-state index in [1.165, 1.54) is 18.0 Å². The Morgan fingerprint density at radius 2 is 1.75 bits per heavy atom. The number of aryl methyl sites for hydroxylation is 1. The van der Waals surface area contributed by atoms with E-state index in [2.05, 4.69) is 60.5 Å². The molecule has 0 N–H and O–H groups in total. The van der Waals surface area contributed by atoms with Gasteiger partial charge in [0, 0.05) is 0 Å². The minimum absolute atomic E-state index is 0.840. The molecule has 0 aliphatic heterocycles. The van der Waals surface area contributed by atoms with Crippen molar-refractivity contribution in [1.82, 2.24) is 0 Å². The Balaban J connectivity index is 2.44. The molecule has 0 aliphatic carbocycles. The summed E-state index contributed by atoms with van der Waals surface area (Å²) in [5.74, 6) is 0. The normalized spacial score (nSPS) is 11.7. The van der Waals surface area contributed by atoms with Crippen LogP contribution in [0.15, 0.2) is 30.3 Å². The van der Waals surface area contributed by atoms with Crippen LogP contribution in [0.1, 0.15) is 5.56 Å². The van der Waals surface area contributed by atoms with E-state index in [1.54, 1.807) is 0 Å². The zero-order valence-corrected chi connectivity index (χ0v) is 9.30. The van der Waals surface area contributed by atoms with Gasteiger partial charge >= 0.3 is 84.9 Å². The van der Waals surface area contributed by atoms with Gasteiger partial charge in [-0.2, -0.15) is 0 Å². The van der Waals surface area contributed by atoms with Gasteiger partial charge in [0.25, 0.3) is 0 Å². The van der Waals surface area contributed by atoms with E-state index in [9.17, 15) is 0 Å². The van der Waals surface area contributed by atoms with Crippen molar-refractivity contribution in [2.45, 2.75) is 25.6 Å². The molecule has 1 rings (SSSR count). The first-order valence-electron chi connectivity index (χ1n) is 4.62. The Hall–Kier alpha value is 0.0343. The molecule has 0 saturated heterocycles. The van der Waals surface area contributed by atoms with Gasteiger partial charge in [0.2, 0.25) is 0 Å². The molecule has 2 heteroatoms. The molecule has 0 aliphatic rings. The van der Waals surface area contributed by atoms with Crippen molar-refractivity contribution in [3.05, 3.63) is 35.9 Å². The molecule has 12 heavy (non-hydrogen) atoms. The third-order valence-electron chi connectivity index (χ3n) is 2.01. The Bertz CT molecular complexity index is 225. The van der Waals surface area contributed by atoms with Crippen molar-refractivity contribution in [2.75, 3.05) is 0 Å². The van der Waals surface area contributed by atoms with Crippen LogP contribution < -0.4 is 0 Å². The summed E-state index contributed by atoms with van der Waals surface area (Å²) in [6.07, 6.45) is 0.420. The second-order valence-electron chi connectivity index (χ2n) is 4.55. The fourth-order valence-electron chi connectivity index (χ4n) is 1.16. The third kappa shape index (κ3) is 4.16. The van der Waals surface area contributed by atoms with Gasteiger partial charge in [0.15, 0.2) is 0 Å². The molecule has 0 atom stereocenters. The molecule has 0 heterocycles. The number of hydrogen-bond acceptors (Lipinski definition) is 0. The quantitative estimate of drug-likeness (QED) is 0.612. The molecule has 1 aromatic rings. The minimum atomic E-state index is -0.840. The second-order valence-corrected chi connectivity index (χ2v) is 10.2. The molecule has 0 spiro atoms. The van der Waals surface area contributed by atoms with E-state index in [0.717, 1.165) is 0 Å². The van der Waals surface area contributed by atoms with Gasteiger partial charge in [-0.3, -0.25) is 0 Å². The Morgan fingerprint density at radius 1 is 1.17 bits per heavy atom. The molecule has 60 valence electrons. The first-order chi connectivity index (χ1) is 5.58. The second kappa shape index (κ2) is 4.32. The van der Waals surface area contributed by atoms with Crippen LogP contribution in [0.5, 0.6) is 0 Å². The molecule has 0 aromatic heterocycles. The van der Waals surface area contributed by atoms with Crippen molar-refractivity contribution in [3.63, 3.8) is 0 Å². The van der Waals surface area contributed by atoms with Gasteiger partial charge in [-0.15, -0.1) is 0 Å². The SMILES string of the molecule is [Li][Si](C)(C)CCc1ccccc1. The fourth-order valence-corrected chi connectivity index (χ4v) is 2.20. The number of benzene rings is 1. The van der Waals surface area contributed by atoms with Gasteiger partial charge < -0.3 is 0 Å². The predicted molar refractivity (Wildman–Crippen MR) is 58.2 cm³/mol. The van der Waals surface area contributed by atoms with Crippen LogP contribution in [0.2, 0.25) is 19.1 Å². The summed E-state index contributed by atoms with van der Waals surface area (Å²) in [6.45, 7) is 4.85. The van der Waals surface area contributed by atoms with E-state index in [0.29, 0.717) is 0 Å². The van der Waals surface area contributed by atoms with E-state index in [4.69, 9.17) is 0 Å². The van der Waals surface area contributed by atoms with E-state index in [-0.39, 0.29) is 0 Å². The van der Waals surface area contributed by atoms with Crippen LogP contribution in [0, 0.1) is 0 Å². The molecule has 0 fully saturated rings. The maximum atomic E-state index is 2.43. The van der Waals surface area contributed by atoms with Crippen molar-refractivity contribution in [3.8, 4) is 0 Å². The van der Waals surface area contributed by atoms with E-state index in [1.807, 2.05) is 0 Å². The van der Waals surface area contributed by atoms with Crippen LogP contribution >= 0.6 is 0 Å². The molecule has 1 aromatic carbocycles. The van der Waals surface area contributed by atoms with Gasteiger partial charge in [0.1, 0.15) is 0 Å². The summed E-state index contributed by atoms with van der Waals surface area (Å²) in [5, 5.41) is 0. The molecule has 0 saturated carbocycles. The van der Waals surface area contributed by atoms with Gasteiger partial charge in [-0.25, -0.2) is 0 Å². The van der Waals surface area contributed by atoms with Gasteiger partial charge in [-0.05, 0) is 0 Å². The van der Waals surface area contributed by atoms with Crippen molar-refractivity contribution >= 4 is 23.4 Å². The van der Waals surface area contributed by atoms with Crippen LogP contribution in [-0.2, 0) is 6.42 Å². The maximum absolute atomic E-state index is 2.43. The first-order valence-corrected chi connectivity index (χ1v) is 8.32. The van der Waals surface area contributed by atoms with Crippen LogP contribution in [0.3, 0.4) is 0 Å². The fraction of sp³-hybridized carbons (Fsp3) is 0.400. The summed E-state index contributed by atoms with van der Waals surface area (Å²) in [4.78, 5) is 0. The van der Waals surface area contributed by atoms with Gasteiger partial charge in [0.05, 0.1) is 0 Å². The Kier molecular flexibility index (Phi) is 3.64. The average molecular weight is 170 g/mol. The number of rotatable bonds is 3. The van der Waals surface area contributed by atoms with Crippen LogP contribution in [0.4, 0.5) is 0 Å². The molecule has 0 bridgehead atoms. The molecule has 0 unspecified atom stereocenters. The topological polar surface area (TPSA) is 0 Å². The number of hydrogen-bond donors (Lipinski definition) is 0. The average Bonchev–Trinajstić information content (AvgIpc) is 2.02. The monoisotopic (exact) mass is 170 g/mol. The van der Waals surface area contributed by atoms with Crippen LogP contribution in [0.25, 0.3) is 0 Å². The standard InChI is InChI=1S/C10H15Si.Li/c1-11(2)9-8-10-6-4-3-5-7-10;/h3-7H,8-9H2,1-2H3;. The Morgan fingerprint density at radius 3 is 2.25 bits per heavy atom. The van der Waals surface area contributed by atoms with E-state index >= 15 is 0 Å². The molecular weight excluding hydrogens is 155 g/mol. The zero-order valence-electron chi connectivity index (χ0n) is 8.30. The van der Waals surface area contributed by atoms with Crippen molar-refractivity contribution in [2.24, 2.45) is 0 Å². The summed E-state index contributed by atoms with van der Waals surface area (Å²) in [6, 6.07) is 12.2. The first kappa shape index (κ1) is 10.1. The third-order valence-corrected chi connectivity index (χ3v) is 3.76. The van der Waals surface area contributed by atoms with E-state index < -0.39 is 6.40 Å². The zero-order chi connectivity index (χ0) is 9.03. The van der Waals surface area contributed by atoms with Crippen LogP contribution in [-0.4, -0.2) is 23.4 Å². The predicted octanol–water partition coefficient (Wildman–Crippen LogP) is 2.60. The molecular formula is C10H15LiSi. The van der Waals surface area contributed by atoms with Gasteiger partial charge in [-0.1, -0.05) is 0 Å².